The first kappa shape index (κ1) is 13.4. The summed E-state index contributed by atoms with van der Waals surface area (Å²) in [6.45, 7) is 0. The summed E-state index contributed by atoms with van der Waals surface area (Å²) in [6, 6.07) is 1.38. The van der Waals surface area contributed by atoms with Crippen LogP contribution in [0.4, 0.5) is 14.5 Å². The fourth-order valence-corrected chi connectivity index (χ4v) is 1.69. The van der Waals surface area contributed by atoms with E-state index in [0.717, 1.165) is 13.4 Å². The van der Waals surface area contributed by atoms with Gasteiger partial charge < -0.3 is 4.74 Å². The molecule has 0 heterocycles. The summed E-state index contributed by atoms with van der Waals surface area (Å²) in [5.74, 6) is -3.59. The quantitative estimate of drug-likeness (QED) is 0.831. The fourth-order valence-electron chi connectivity index (χ4n) is 1.14. The third kappa shape index (κ3) is 3.38. The van der Waals surface area contributed by atoms with E-state index >= 15 is 0 Å². The van der Waals surface area contributed by atoms with Gasteiger partial charge in [-0.15, -0.1) is 0 Å². The van der Waals surface area contributed by atoms with Gasteiger partial charge in [-0.25, -0.2) is 22.0 Å². The highest BCUT2D eigenvalue weighted by atomic mass is 32.2. The second-order valence-corrected chi connectivity index (χ2v) is 4.93. The van der Waals surface area contributed by atoms with Gasteiger partial charge in [-0.2, -0.15) is 0 Å². The van der Waals surface area contributed by atoms with Crippen LogP contribution in [0.1, 0.15) is 10.4 Å². The number of rotatable bonds is 3. The Bertz CT molecular complexity index is 533. The zero-order valence-electron chi connectivity index (χ0n) is 8.95. The van der Waals surface area contributed by atoms with E-state index in [1.807, 2.05) is 4.72 Å². The van der Waals surface area contributed by atoms with Crippen LogP contribution in [0.3, 0.4) is 0 Å². The van der Waals surface area contributed by atoms with Gasteiger partial charge >= 0.3 is 5.97 Å². The molecule has 8 heteroatoms. The van der Waals surface area contributed by atoms with Gasteiger partial charge in [0, 0.05) is 0 Å². The van der Waals surface area contributed by atoms with Crippen LogP contribution in [0, 0.1) is 11.6 Å². The van der Waals surface area contributed by atoms with E-state index in [0.29, 0.717) is 12.1 Å². The number of hydrogen-bond acceptors (Lipinski definition) is 4. The minimum absolute atomic E-state index is 0.310. The Morgan fingerprint density at radius 1 is 1.29 bits per heavy atom. The smallest absolute Gasteiger partial charge is 0.343 e. The minimum atomic E-state index is -3.65. The normalized spacial score (nSPS) is 11.1. The molecule has 1 aromatic carbocycles. The number of carbonyl (C=O) groups excluding carboxylic acids is 1. The first-order valence-electron chi connectivity index (χ1n) is 4.29. The lowest BCUT2D eigenvalue weighted by Crippen LogP contribution is -2.12. The highest BCUT2D eigenvalue weighted by Gasteiger charge is 2.19. The van der Waals surface area contributed by atoms with E-state index < -0.39 is 33.2 Å². The average Bonchev–Trinajstić information content (AvgIpc) is 2.13. The summed E-state index contributed by atoms with van der Waals surface area (Å²) in [5, 5.41) is 0. The van der Waals surface area contributed by atoms with Gasteiger partial charge in [-0.3, -0.25) is 4.72 Å². The minimum Gasteiger partial charge on any atom is -0.465 e. The van der Waals surface area contributed by atoms with Crippen LogP contribution in [-0.4, -0.2) is 27.8 Å². The maximum absolute atomic E-state index is 13.3. The van der Waals surface area contributed by atoms with Crippen molar-refractivity contribution in [1.29, 1.82) is 0 Å². The molecule has 0 aromatic heterocycles. The van der Waals surface area contributed by atoms with Crippen LogP contribution >= 0.6 is 0 Å². The maximum Gasteiger partial charge on any atom is 0.343 e. The van der Waals surface area contributed by atoms with Gasteiger partial charge in [-0.1, -0.05) is 0 Å². The zero-order chi connectivity index (χ0) is 13.2. The van der Waals surface area contributed by atoms with Crippen molar-refractivity contribution in [3.63, 3.8) is 0 Å². The number of carbonyl (C=O) groups is 1. The number of methoxy groups -OCH3 is 1. The van der Waals surface area contributed by atoms with Crippen LogP contribution in [0.25, 0.3) is 0 Å². The van der Waals surface area contributed by atoms with Crippen molar-refractivity contribution in [2.24, 2.45) is 0 Å². The summed E-state index contributed by atoms with van der Waals surface area (Å²) in [7, 11) is -2.67. The third-order valence-electron chi connectivity index (χ3n) is 1.73. The summed E-state index contributed by atoms with van der Waals surface area (Å²) < 4.78 is 54.5. The molecule has 17 heavy (non-hydrogen) atoms. The molecule has 0 amide bonds. The Morgan fingerprint density at radius 3 is 2.12 bits per heavy atom. The molecule has 0 aliphatic heterocycles. The van der Waals surface area contributed by atoms with E-state index in [1.54, 1.807) is 0 Å². The SMILES string of the molecule is COC(=O)c1c(F)cc(NS(C)(=O)=O)cc1F. The van der Waals surface area contributed by atoms with E-state index in [2.05, 4.69) is 4.74 Å². The van der Waals surface area contributed by atoms with Gasteiger partial charge in [0.15, 0.2) is 0 Å². The van der Waals surface area contributed by atoms with Crippen molar-refractivity contribution in [1.82, 2.24) is 0 Å². The summed E-state index contributed by atoms with van der Waals surface area (Å²) in [5.41, 5.74) is -1.18. The van der Waals surface area contributed by atoms with Crippen molar-refractivity contribution in [2.45, 2.75) is 0 Å². The highest BCUT2D eigenvalue weighted by Crippen LogP contribution is 2.20. The lowest BCUT2D eigenvalue weighted by atomic mass is 10.2. The van der Waals surface area contributed by atoms with Gasteiger partial charge in [0.2, 0.25) is 10.0 Å². The van der Waals surface area contributed by atoms with Crippen LogP contribution in [0.5, 0.6) is 0 Å². The van der Waals surface area contributed by atoms with Crippen molar-refractivity contribution < 1.29 is 26.7 Å². The zero-order valence-corrected chi connectivity index (χ0v) is 9.77. The molecule has 1 aromatic rings. The van der Waals surface area contributed by atoms with Crippen LogP contribution in [0.2, 0.25) is 0 Å². The second kappa shape index (κ2) is 4.66. The second-order valence-electron chi connectivity index (χ2n) is 3.18. The van der Waals surface area contributed by atoms with E-state index in [9.17, 15) is 22.0 Å². The Balaban J connectivity index is 3.23. The Labute approximate surface area is 96.4 Å². The third-order valence-corrected chi connectivity index (χ3v) is 2.34. The molecule has 1 rings (SSSR count). The van der Waals surface area contributed by atoms with Crippen molar-refractivity contribution in [3.8, 4) is 0 Å². The molecule has 0 saturated heterocycles. The highest BCUT2D eigenvalue weighted by molar-refractivity contribution is 7.92. The number of ether oxygens (including phenoxy) is 1. The molecule has 1 N–H and O–H groups in total. The van der Waals surface area contributed by atoms with Crippen LogP contribution in [0.15, 0.2) is 12.1 Å². The number of hydrogen-bond donors (Lipinski definition) is 1. The molecule has 0 atom stereocenters. The first-order chi connectivity index (χ1) is 7.74. The predicted molar refractivity (Wildman–Crippen MR) is 56.2 cm³/mol. The molecule has 94 valence electrons. The lowest BCUT2D eigenvalue weighted by Gasteiger charge is -2.07. The van der Waals surface area contributed by atoms with Crippen LogP contribution in [-0.2, 0) is 14.8 Å². The lowest BCUT2D eigenvalue weighted by molar-refractivity contribution is 0.0590. The summed E-state index contributed by atoms with van der Waals surface area (Å²) >= 11 is 0. The number of benzene rings is 1. The van der Waals surface area contributed by atoms with E-state index in [4.69, 9.17) is 0 Å². The molecule has 0 unspecified atom stereocenters. The molecule has 5 nitrogen and oxygen atoms in total. The van der Waals surface area contributed by atoms with Gasteiger partial charge in [0.1, 0.15) is 17.2 Å². The number of nitrogens with one attached hydrogen (secondary N) is 1. The standard InChI is InChI=1S/C9H9F2NO4S/c1-16-9(13)8-6(10)3-5(4-7(8)11)12-17(2,14)15/h3-4,12H,1-2H3. The Kier molecular flexibility index (Phi) is 3.66. The van der Waals surface area contributed by atoms with Gasteiger partial charge in [0.05, 0.1) is 19.1 Å². The molecule has 0 fully saturated rings. The van der Waals surface area contributed by atoms with Crippen LogP contribution < -0.4 is 4.72 Å². The van der Waals surface area contributed by atoms with Gasteiger partial charge in [0.25, 0.3) is 0 Å². The molecule has 0 spiro atoms. The average molecular weight is 265 g/mol. The maximum atomic E-state index is 13.3. The molecule has 0 bridgehead atoms. The molecule has 0 radical (unpaired) electrons. The fraction of sp³-hybridized carbons (Fsp3) is 0.222. The summed E-state index contributed by atoms with van der Waals surface area (Å²) in [6.07, 6.45) is 0.830. The van der Waals surface area contributed by atoms with Crippen molar-refractivity contribution >= 4 is 21.7 Å². The number of anilines is 1. The molecule has 0 saturated carbocycles. The Morgan fingerprint density at radius 2 is 1.76 bits per heavy atom. The molecular formula is C9H9F2NO4S. The predicted octanol–water partition coefficient (Wildman–Crippen LogP) is 1.12. The van der Waals surface area contributed by atoms with E-state index in [-0.39, 0.29) is 5.69 Å². The first-order valence-corrected chi connectivity index (χ1v) is 6.19. The Hall–Kier alpha value is -1.70. The molecule has 0 aliphatic carbocycles. The monoisotopic (exact) mass is 265 g/mol. The molecular weight excluding hydrogens is 256 g/mol. The van der Waals surface area contributed by atoms with Gasteiger partial charge in [-0.05, 0) is 12.1 Å². The summed E-state index contributed by atoms with van der Waals surface area (Å²) in [4.78, 5) is 11.0. The number of esters is 1. The van der Waals surface area contributed by atoms with E-state index in [1.165, 1.54) is 0 Å². The largest absolute Gasteiger partial charge is 0.465 e. The van der Waals surface area contributed by atoms with Crippen molar-refractivity contribution in [2.75, 3.05) is 18.1 Å². The topological polar surface area (TPSA) is 72.5 Å². The van der Waals surface area contributed by atoms with Crippen molar-refractivity contribution in [3.05, 3.63) is 29.3 Å². The number of sulfonamides is 1. The number of halogens is 2. The molecule has 0 aliphatic rings.